The maximum absolute atomic E-state index is 12.5. The normalized spacial score (nSPS) is 10.3. The first-order valence-electron chi connectivity index (χ1n) is 8.48. The number of aliphatic hydroxyl groups is 1. The van der Waals surface area contributed by atoms with Crippen molar-refractivity contribution in [3.05, 3.63) is 69.8 Å². The van der Waals surface area contributed by atoms with E-state index in [9.17, 15) is 14.9 Å². The minimum atomic E-state index is -0.633. The maximum Gasteiger partial charge on any atom is 0.282 e. The number of aliphatic hydroxyl groups excluding tert-OH is 1. The predicted molar refractivity (Wildman–Crippen MR) is 108 cm³/mol. The largest absolute Gasteiger partial charge is 0.396 e. The highest BCUT2D eigenvalue weighted by Crippen LogP contribution is 2.19. The number of rotatable bonds is 7. The highest BCUT2D eigenvalue weighted by Gasteiger charge is 2.22. The Morgan fingerprint density at radius 1 is 1.19 bits per heavy atom. The van der Waals surface area contributed by atoms with Gasteiger partial charge in [-0.1, -0.05) is 29.8 Å². The fourth-order valence-corrected chi connectivity index (χ4v) is 2.80. The van der Waals surface area contributed by atoms with Crippen molar-refractivity contribution in [1.82, 2.24) is 5.32 Å². The van der Waals surface area contributed by atoms with Crippen molar-refractivity contribution < 1.29 is 14.8 Å². The molecule has 0 saturated heterocycles. The Morgan fingerprint density at radius 2 is 1.85 bits per heavy atom. The number of anilines is 1. The zero-order valence-electron chi connectivity index (χ0n) is 14.9. The summed E-state index contributed by atoms with van der Waals surface area (Å²) < 4.78 is 0. The third kappa shape index (κ3) is 5.57. The molecule has 0 spiro atoms. The van der Waals surface area contributed by atoms with Gasteiger partial charge in [-0.05, 0) is 50.2 Å². The minimum absolute atomic E-state index is 0.0518. The molecule has 2 aromatic carbocycles. The van der Waals surface area contributed by atoms with Crippen LogP contribution in [0.3, 0.4) is 0 Å². The van der Waals surface area contributed by atoms with Crippen LogP contribution in [0.25, 0.3) is 0 Å². The Bertz CT molecular complexity index is 824. The lowest BCUT2D eigenvalue weighted by molar-refractivity contribution is -0.385. The smallest absolute Gasteiger partial charge is 0.282 e. The molecule has 0 heterocycles. The van der Waals surface area contributed by atoms with Gasteiger partial charge in [-0.25, -0.2) is 0 Å². The average Bonchev–Trinajstić information content (AvgIpc) is 2.66. The molecule has 1 amide bonds. The van der Waals surface area contributed by atoms with Crippen molar-refractivity contribution in [2.45, 2.75) is 19.8 Å². The third-order valence-electron chi connectivity index (χ3n) is 3.95. The number of nitrogens with zero attached hydrogens (tertiary/aromatic N) is 2. The number of benzene rings is 2. The van der Waals surface area contributed by atoms with Crippen molar-refractivity contribution >= 4 is 34.6 Å². The molecule has 0 saturated carbocycles. The van der Waals surface area contributed by atoms with Gasteiger partial charge >= 0.3 is 0 Å². The molecule has 142 valence electrons. The quantitative estimate of drug-likeness (QED) is 0.328. The van der Waals surface area contributed by atoms with Crippen LogP contribution in [0, 0.1) is 17.0 Å². The maximum atomic E-state index is 12.5. The van der Waals surface area contributed by atoms with Crippen LogP contribution in [0.1, 0.15) is 28.8 Å². The van der Waals surface area contributed by atoms with Crippen molar-refractivity contribution in [2.75, 3.05) is 18.1 Å². The van der Waals surface area contributed by atoms with Crippen LogP contribution in [-0.4, -0.2) is 34.2 Å². The molecule has 2 aromatic rings. The summed E-state index contributed by atoms with van der Waals surface area (Å²) >= 11 is 5.39. The van der Waals surface area contributed by atoms with Crippen molar-refractivity contribution in [2.24, 2.45) is 0 Å². The van der Waals surface area contributed by atoms with Gasteiger partial charge in [-0.15, -0.1) is 0 Å². The van der Waals surface area contributed by atoms with Gasteiger partial charge < -0.3 is 10.0 Å². The van der Waals surface area contributed by atoms with Crippen LogP contribution < -0.4 is 10.2 Å². The molecule has 8 heteroatoms. The lowest BCUT2D eigenvalue weighted by Gasteiger charge is -2.25. The van der Waals surface area contributed by atoms with Crippen LogP contribution in [0.15, 0.2) is 48.5 Å². The molecule has 0 atom stereocenters. The number of nitrogens with one attached hydrogen (secondary N) is 1. The number of carbonyl (C=O) groups excluding carboxylic acids is 1. The molecule has 27 heavy (non-hydrogen) atoms. The number of hydrogen-bond acceptors (Lipinski definition) is 5. The summed E-state index contributed by atoms with van der Waals surface area (Å²) in [7, 11) is 0. The Labute approximate surface area is 162 Å². The minimum Gasteiger partial charge on any atom is -0.396 e. The van der Waals surface area contributed by atoms with E-state index in [0.29, 0.717) is 19.4 Å². The molecule has 0 fully saturated rings. The van der Waals surface area contributed by atoms with E-state index in [1.807, 2.05) is 31.2 Å². The van der Waals surface area contributed by atoms with Gasteiger partial charge in [0.15, 0.2) is 5.11 Å². The molecular formula is C19H21N3O4S. The molecule has 0 unspecified atom stereocenters. The number of nitro groups is 1. The van der Waals surface area contributed by atoms with Gasteiger partial charge in [0.05, 0.1) is 4.92 Å². The van der Waals surface area contributed by atoms with Gasteiger partial charge in [0.1, 0.15) is 5.56 Å². The zero-order chi connectivity index (χ0) is 19.8. The Balaban J connectivity index is 2.21. The van der Waals surface area contributed by atoms with E-state index in [0.717, 1.165) is 11.3 Å². The van der Waals surface area contributed by atoms with Crippen molar-refractivity contribution in [3.8, 4) is 0 Å². The molecule has 0 aromatic heterocycles. The Hall–Kier alpha value is -2.84. The molecule has 2 rings (SSSR count). The Morgan fingerprint density at radius 3 is 2.48 bits per heavy atom. The summed E-state index contributed by atoms with van der Waals surface area (Å²) in [5.74, 6) is -0.633. The molecule has 0 radical (unpaired) electrons. The van der Waals surface area contributed by atoms with Crippen LogP contribution >= 0.6 is 12.2 Å². The fourth-order valence-electron chi connectivity index (χ4n) is 2.51. The molecule has 0 aliphatic heterocycles. The number of hydrogen-bond donors (Lipinski definition) is 2. The summed E-state index contributed by atoms with van der Waals surface area (Å²) in [5.41, 5.74) is 1.55. The van der Waals surface area contributed by atoms with Gasteiger partial charge in [0.2, 0.25) is 0 Å². The van der Waals surface area contributed by atoms with Crippen molar-refractivity contribution in [3.63, 3.8) is 0 Å². The first-order valence-corrected chi connectivity index (χ1v) is 8.88. The van der Waals surface area contributed by atoms with E-state index in [4.69, 9.17) is 17.3 Å². The first-order chi connectivity index (χ1) is 12.9. The van der Waals surface area contributed by atoms with Crippen LogP contribution in [-0.2, 0) is 0 Å². The number of para-hydroxylation sites is 1. The fraction of sp³-hybridized carbons (Fsp3) is 0.263. The molecule has 7 nitrogen and oxygen atoms in total. The molecule has 0 aliphatic carbocycles. The summed E-state index contributed by atoms with van der Waals surface area (Å²) in [6, 6.07) is 13.4. The number of nitro benzene ring substituents is 1. The number of unbranched alkanes of at least 4 members (excludes halogenated alkanes) is 1. The van der Waals surface area contributed by atoms with E-state index < -0.39 is 10.8 Å². The second-order valence-electron chi connectivity index (χ2n) is 5.95. The molecular weight excluding hydrogens is 366 g/mol. The number of carbonyl (C=O) groups is 1. The first kappa shape index (κ1) is 20.5. The van der Waals surface area contributed by atoms with Gasteiger partial charge in [0, 0.05) is 24.9 Å². The predicted octanol–water partition coefficient (Wildman–Crippen LogP) is 3.20. The van der Waals surface area contributed by atoms with E-state index in [1.54, 1.807) is 11.0 Å². The van der Waals surface area contributed by atoms with Gasteiger partial charge in [0.25, 0.3) is 11.6 Å². The highest BCUT2D eigenvalue weighted by atomic mass is 32.1. The molecule has 2 N–H and O–H groups in total. The second kappa shape index (κ2) is 9.75. The van der Waals surface area contributed by atoms with Crippen LogP contribution in [0.4, 0.5) is 11.4 Å². The number of amides is 1. The van der Waals surface area contributed by atoms with Gasteiger partial charge in [-0.2, -0.15) is 0 Å². The summed E-state index contributed by atoms with van der Waals surface area (Å²) in [6.07, 6.45) is 1.27. The highest BCUT2D eigenvalue weighted by molar-refractivity contribution is 7.80. The summed E-state index contributed by atoms with van der Waals surface area (Å²) in [5, 5.41) is 22.9. The average molecular weight is 387 g/mol. The topological polar surface area (TPSA) is 95.7 Å². The molecule has 0 aliphatic rings. The number of thiocarbonyl (C=S) groups is 1. The zero-order valence-corrected chi connectivity index (χ0v) is 15.7. The van der Waals surface area contributed by atoms with E-state index in [1.165, 1.54) is 18.2 Å². The lowest BCUT2D eigenvalue weighted by atomic mass is 10.1. The Kier molecular flexibility index (Phi) is 7.39. The number of aryl methyl sites for hydroxylation is 1. The molecule has 0 bridgehead atoms. The lowest BCUT2D eigenvalue weighted by Crippen LogP contribution is -2.43. The third-order valence-corrected chi connectivity index (χ3v) is 4.27. The SMILES string of the molecule is Cc1ccc(N(CCCCO)C(=S)NC(=O)c2ccccc2[N+](=O)[O-])cc1. The summed E-state index contributed by atoms with van der Waals surface area (Å²) in [4.78, 5) is 24.8. The standard InChI is InChI=1S/C19H21N3O4S/c1-14-8-10-15(11-9-14)21(12-4-5-13-23)19(27)20-18(24)16-6-2-3-7-17(16)22(25)26/h2-3,6-11,23H,4-5,12-13H2,1H3,(H,20,24,27). The van der Waals surface area contributed by atoms with Crippen LogP contribution in [0.2, 0.25) is 0 Å². The van der Waals surface area contributed by atoms with Gasteiger partial charge in [-0.3, -0.25) is 20.2 Å². The van der Waals surface area contributed by atoms with E-state index >= 15 is 0 Å². The monoisotopic (exact) mass is 387 g/mol. The van der Waals surface area contributed by atoms with E-state index in [-0.39, 0.29) is 23.0 Å². The van der Waals surface area contributed by atoms with Crippen LogP contribution in [0.5, 0.6) is 0 Å². The second-order valence-corrected chi connectivity index (χ2v) is 6.34. The summed E-state index contributed by atoms with van der Waals surface area (Å²) in [6.45, 7) is 2.53. The van der Waals surface area contributed by atoms with E-state index in [2.05, 4.69) is 5.32 Å². The van der Waals surface area contributed by atoms with Crippen molar-refractivity contribution in [1.29, 1.82) is 0 Å².